The number of morpholine rings is 1. The molecule has 2 heterocycles. The Bertz CT molecular complexity index is 272. The lowest BCUT2D eigenvalue weighted by Crippen LogP contribution is -2.56. The predicted molar refractivity (Wildman–Crippen MR) is 46.3 cm³/mol. The van der Waals surface area contributed by atoms with E-state index in [1.54, 1.807) is 0 Å². The number of ether oxygens (including phenoxy) is 1. The smallest absolute Gasteiger partial charge is 0.329 e. The molecule has 0 saturated carbocycles. The van der Waals surface area contributed by atoms with Crippen LogP contribution in [0.5, 0.6) is 0 Å². The molecule has 1 N–H and O–H groups in total. The van der Waals surface area contributed by atoms with Gasteiger partial charge >= 0.3 is 5.97 Å². The zero-order valence-corrected chi connectivity index (χ0v) is 7.97. The average molecular weight is 199 g/mol. The SMILES string of the molecule is C[C@@H](O)[C@H]1OC(=O)[C@H]2CCCN2C1=O. The summed E-state index contributed by atoms with van der Waals surface area (Å²) in [4.78, 5) is 24.6. The minimum atomic E-state index is -1.00. The van der Waals surface area contributed by atoms with E-state index in [4.69, 9.17) is 4.74 Å². The van der Waals surface area contributed by atoms with Crippen LogP contribution in [0.2, 0.25) is 0 Å². The molecule has 0 aliphatic carbocycles. The Kier molecular flexibility index (Phi) is 2.19. The van der Waals surface area contributed by atoms with Crippen molar-refractivity contribution in [1.29, 1.82) is 0 Å². The maximum absolute atomic E-state index is 11.7. The lowest BCUT2D eigenvalue weighted by atomic mass is 10.1. The number of hydrogen-bond acceptors (Lipinski definition) is 4. The van der Waals surface area contributed by atoms with Gasteiger partial charge in [0, 0.05) is 6.54 Å². The number of rotatable bonds is 1. The van der Waals surface area contributed by atoms with Crippen LogP contribution >= 0.6 is 0 Å². The monoisotopic (exact) mass is 199 g/mol. The van der Waals surface area contributed by atoms with Crippen LogP contribution in [0.25, 0.3) is 0 Å². The quantitative estimate of drug-likeness (QED) is 0.566. The maximum atomic E-state index is 11.7. The van der Waals surface area contributed by atoms with Crippen molar-refractivity contribution in [1.82, 2.24) is 4.90 Å². The third-order valence-electron chi connectivity index (χ3n) is 2.73. The van der Waals surface area contributed by atoms with Gasteiger partial charge in [-0.2, -0.15) is 0 Å². The molecule has 5 heteroatoms. The van der Waals surface area contributed by atoms with Gasteiger partial charge in [-0.1, -0.05) is 0 Å². The fourth-order valence-corrected chi connectivity index (χ4v) is 2.00. The summed E-state index contributed by atoms with van der Waals surface area (Å²) in [6, 6.07) is -0.405. The highest BCUT2D eigenvalue weighted by molar-refractivity contribution is 5.93. The minimum absolute atomic E-state index is 0.262. The Hall–Kier alpha value is -1.10. The van der Waals surface area contributed by atoms with E-state index in [-0.39, 0.29) is 11.9 Å². The molecular formula is C9H13NO4. The molecule has 0 aromatic carbocycles. The number of fused-ring (bicyclic) bond motifs is 1. The molecule has 3 atom stereocenters. The van der Waals surface area contributed by atoms with Crippen molar-refractivity contribution in [3.63, 3.8) is 0 Å². The van der Waals surface area contributed by atoms with Crippen molar-refractivity contribution in [3.8, 4) is 0 Å². The van der Waals surface area contributed by atoms with E-state index < -0.39 is 18.2 Å². The summed E-state index contributed by atoms with van der Waals surface area (Å²) in [5.74, 6) is -0.643. The van der Waals surface area contributed by atoms with Gasteiger partial charge in [0.1, 0.15) is 6.04 Å². The van der Waals surface area contributed by atoms with Crippen LogP contribution in [0.1, 0.15) is 19.8 Å². The summed E-state index contributed by atoms with van der Waals surface area (Å²) < 4.78 is 4.89. The predicted octanol–water partition coefficient (Wildman–Crippen LogP) is -0.716. The number of hydrogen-bond donors (Lipinski definition) is 1. The average Bonchev–Trinajstić information content (AvgIpc) is 2.59. The molecule has 14 heavy (non-hydrogen) atoms. The summed E-state index contributed by atoms with van der Waals surface area (Å²) in [7, 11) is 0. The van der Waals surface area contributed by atoms with Gasteiger partial charge in [-0.3, -0.25) is 4.79 Å². The minimum Gasteiger partial charge on any atom is -0.448 e. The summed E-state index contributed by atoms with van der Waals surface area (Å²) in [6.07, 6.45) is -0.431. The van der Waals surface area contributed by atoms with Crippen molar-refractivity contribution < 1.29 is 19.4 Å². The Balaban J connectivity index is 2.20. The molecule has 5 nitrogen and oxygen atoms in total. The number of carbonyl (C=O) groups excluding carboxylic acids is 2. The summed E-state index contributed by atoms with van der Waals surface area (Å²) in [5, 5.41) is 9.26. The van der Waals surface area contributed by atoms with Gasteiger partial charge in [-0.25, -0.2) is 4.79 Å². The van der Waals surface area contributed by atoms with E-state index in [2.05, 4.69) is 0 Å². The third kappa shape index (κ3) is 1.28. The molecule has 0 bridgehead atoms. The first kappa shape index (κ1) is 9.45. The molecule has 2 saturated heterocycles. The molecular weight excluding hydrogens is 186 g/mol. The largest absolute Gasteiger partial charge is 0.448 e. The lowest BCUT2D eigenvalue weighted by Gasteiger charge is -2.34. The first-order valence-corrected chi connectivity index (χ1v) is 4.80. The topological polar surface area (TPSA) is 66.8 Å². The van der Waals surface area contributed by atoms with Crippen molar-refractivity contribution in [3.05, 3.63) is 0 Å². The molecule has 2 aliphatic rings. The fourth-order valence-electron chi connectivity index (χ4n) is 2.00. The summed E-state index contributed by atoms with van der Waals surface area (Å²) >= 11 is 0. The Labute approximate surface area is 81.6 Å². The highest BCUT2D eigenvalue weighted by Gasteiger charge is 2.46. The van der Waals surface area contributed by atoms with Gasteiger partial charge in [0.15, 0.2) is 0 Å². The maximum Gasteiger partial charge on any atom is 0.329 e. The Morgan fingerprint density at radius 2 is 2.29 bits per heavy atom. The molecule has 2 aliphatic heterocycles. The van der Waals surface area contributed by atoms with E-state index in [9.17, 15) is 14.7 Å². The number of cyclic esters (lactones) is 1. The van der Waals surface area contributed by atoms with Crippen LogP contribution in [0.15, 0.2) is 0 Å². The zero-order chi connectivity index (χ0) is 10.3. The third-order valence-corrected chi connectivity index (χ3v) is 2.73. The molecule has 0 aromatic rings. The number of amides is 1. The van der Waals surface area contributed by atoms with Gasteiger partial charge in [0.25, 0.3) is 5.91 Å². The van der Waals surface area contributed by atoms with Crippen LogP contribution in [-0.2, 0) is 14.3 Å². The molecule has 0 aromatic heterocycles. The molecule has 0 spiro atoms. The van der Waals surface area contributed by atoms with Crippen LogP contribution in [0.3, 0.4) is 0 Å². The second-order valence-corrected chi connectivity index (χ2v) is 3.79. The number of aliphatic hydroxyl groups is 1. The first-order valence-electron chi connectivity index (χ1n) is 4.80. The summed E-state index contributed by atoms with van der Waals surface area (Å²) in [6.45, 7) is 2.05. The standard InChI is InChI=1S/C9H13NO4/c1-5(11)7-8(12)10-4-2-3-6(10)9(13)14-7/h5-7,11H,2-4H2,1H3/t5-,6-,7-/m1/s1. The van der Waals surface area contributed by atoms with Gasteiger partial charge in [-0.15, -0.1) is 0 Å². The second-order valence-electron chi connectivity index (χ2n) is 3.79. The lowest BCUT2D eigenvalue weighted by molar-refractivity contribution is -0.182. The van der Waals surface area contributed by atoms with Crippen molar-refractivity contribution in [2.75, 3.05) is 6.54 Å². The highest BCUT2D eigenvalue weighted by Crippen LogP contribution is 2.25. The zero-order valence-electron chi connectivity index (χ0n) is 7.97. The number of nitrogens with zero attached hydrogens (tertiary/aromatic N) is 1. The Morgan fingerprint density at radius 1 is 1.57 bits per heavy atom. The Morgan fingerprint density at radius 3 is 2.93 bits per heavy atom. The van der Waals surface area contributed by atoms with Crippen LogP contribution in [0.4, 0.5) is 0 Å². The normalized spacial score (nSPS) is 34.0. The van der Waals surface area contributed by atoms with Crippen molar-refractivity contribution >= 4 is 11.9 Å². The molecule has 2 rings (SSSR count). The van der Waals surface area contributed by atoms with Crippen LogP contribution in [0, 0.1) is 0 Å². The fraction of sp³-hybridized carbons (Fsp3) is 0.778. The highest BCUT2D eigenvalue weighted by atomic mass is 16.6. The molecule has 0 radical (unpaired) electrons. The molecule has 1 amide bonds. The number of aliphatic hydroxyl groups excluding tert-OH is 1. The van der Waals surface area contributed by atoms with Crippen molar-refractivity contribution in [2.45, 2.75) is 38.0 Å². The summed E-state index contributed by atoms with van der Waals surface area (Å²) in [5.41, 5.74) is 0. The second kappa shape index (κ2) is 3.24. The van der Waals surface area contributed by atoms with Crippen LogP contribution in [-0.4, -0.2) is 46.7 Å². The van der Waals surface area contributed by atoms with E-state index in [0.29, 0.717) is 13.0 Å². The number of esters is 1. The molecule has 78 valence electrons. The molecule has 0 unspecified atom stereocenters. The van der Waals surface area contributed by atoms with Gasteiger partial charge in [0.2, 0.25) is 6.10 Å². The van der Waals surface area contributed by atoms with Crippen molar-refractivity contribution in [2.24, 2.45) is 0 Å². The van der Waals surface area contributed by atoms with E-state index in [1.807, 2.05) is 0 Å². The number of carbonyl (C=O) groups is 2. The van der Waals surface area contributed by atoms with E-state index >= 15 is 0 Å². The van der Waals surface area contributed by atoms with Crippen LogP contribution < -0.4 is 0 Å². The van der Waals surface area contributed by atoms with Gasteiger partial charge in [0.05, 0.1) is 6.10 Å². The first-order chi connectivity index (χ1) is 6.61. The molecule has 2 fully saturated rings. The van der Waals surface area contributed by atoms with E-state index in [0.717, 1.165) is 6.42 Å². The van der Waals surface area contributed by atoms with Gasteiger partial charge in [-0.05, 0) is 19.8 Å². The van der Waals surface area contributed by atoms with E-state index in [1.165, 1.54) is 11.8 Å². The van der Waals surface area contributed by atoms with Gasteiger partial charge < -0.3 is 14.7 Å².